The highest BCUT2D eigenvalue weighted by Crippen LogP contribution is 2.07. The number of hydrogen-bond acceptors (Lipinski definition) is 5. The standard InChI is InChI=1S/C5H9N5O/c1-2-11-3-4(6-1)5-7-9-10-8-5/h4,6H,1-3H2,(H,7,8,9,10)/t4-/m0/s1. The number of aromatic amines is 1. The summed E-state index contributed by atoms with van der Waals surface area (Å²) in [7, 11) is 0. The molecule has 0 saturated carbocycles. The lowest BCUT2D eigenvalue weighted by atomic mass is 10.3. The average molecular weight is 155 g/mol. The number of tetrazole rings is 1. The van der Waals surface area contributed by atoms with Crippen LogP contribution in [0, 0.1) is 0 Å². The number of nitrogens with zero attached hydrogens (tertiary/aromatic N) is 3. The zero-order valence-electron chi connectivity index (χ0n) is 5.95. The van der Waals surface area contributed by atoms with Crippen molar-refractivity contribution in [1.82, 2.24) is 25.9 Å². The van der Waals surface area contributed by atoms with Gasteiger partial charge >= 0.3 is 0 Å². The van der Waals surface area contributed by atoms with Gasteiger partial charge in [-0.05, 0) is 0 Å². The number of nitrogens with one attached hydrogen (secondary N) is 2. The van der Waals surface area contributed by atoms with Crippen molar-refractivity contribution in [2.24, 2.45) is 0 Å². The van der Waals surface area contributed by atoms with Gasteiger partial charge in [-0.2, -0.15) is 5.21 Å². The van der Waals surface area contributed by atoms with Crippen LogP contribution in [0.3, 0.4) is 0 Å². The van der Waals surface area contributed by atoms with Crippen molar-refractivity contribution < 1.29 is 4.74 Å². The van der Waals surface area contributed by atoms with Gasteiger partial charge in [-0.25, -0.2) is 0 Å². The van der Waals surface area contributed by atoms with Crippen molar-refractivity contribution >= 4 is 0 Å². The van der Waals surface area contributed by atoms with E-state index in [1.54, 1.807) is 0 Å². The van der Waals surface area contributed by atoms with E-state index >= 15 is 0 Å². The fourth-order valence-electron chi connectivity index (χ4n) is 1.05. The lowest BCUT2D eigenvalue weighted by Gasteiger charge is -2.20. The average Bonchev–Trinajstić information content (AvgIpc) is 2.58. The van der Waals surface area contributed by atoms with Gasteiger partial charge in [0.15, 0.2) is 5.82 Å². The first-order valence-corrected chi connectivity index (χ1v) is 3.51. The van der Waals surface area contributed by atoms with Gasteiger partial charge in [0.05, 0.1) is 19.3 Å². The molecule has 2 heterocycles. The highest BCUT2D eigenvalue weighted by molar-refractivity contribution is 4.89. The van der Waals surface area contributed by atoms with Crippen LogP contribution in [0.15, 0.2) is 0 Å². The lowest BCUT2D eigenvalue weighted by molar-refractivity contribution is 0.0742. The summed E-state index contributed by atoms with van der Waals surface area (Å²) in [5, 5.41) is 16.8. The Bertz CT molecular complexity index is 205. The van der Waals surface area contributed by atoms with Gasteiger partial charge in [-0.3, -0.25) is 0 Å². The van der Waals surface area contributed by atoms with Crippen LogP contribution in [0.5, 0.6) is 0 Å². The minimum Gasteiger partial charge on any atom is -0.378 e. The molecule has 6 heteroatoms. The van der Waals surface area contributed by atoms with Crippen LogP contribution < -0.4 is 5.32 Å². The fourth-order valence-corrected chi connectivity index (χ4v) is 1.05. The number of ether oxygens (including phenoxy) is 1. The third kappa shape index (κ3) is 1.36. The van der Waals surface area contributed by atoms with E-state index in [9.17, 15) is 0 Å². The Balaban J connectivity index is 2.04. The summed E-state index contributed by atoms with van der Waals surface area (Å²) < 4.78 is 5.22. The fraction of sp³-hybridized carbons (Fsp3) is 0.800. The monoisotopic (exact) mass is 155 g/mol. The molecule has 0 radical (unpaired) electrons. The third-order valence-electron chi connectivity index (χ3n) is 1.60. The number of morpholine rings is 1. The summed E-state index contributed by atoms with van der Waals surface area (Å²) >= 11 is 0. The van der Waals surface area contributed by atoms with Gasteiger partial charge in [0.2, 0.25) is 0 Å². The Hall–Kier alpha value is -1.01. The van der Waals surface area contributed by atoms with Crippen LogP contribution in [0.4, 0.5) is 0 Å². The Morgan fingerprint density at radius 1 is 1.55 bits per heavy atom. The molecule has 1 aliphatic rings. The third-order valence-corrected chi connectivity index (χ3v) is 1.60. The Morgan fingerprint density at radius 3 is 3.18 bits per heavy atom. The molecule has 0 spiro atoms. The Kier molecular flexibility index (Phi) is 1.78. The second-order valence-corrected chi connectivity index (χ2v) is 2.35. The quantitative estimate of drug-likeness (QED) is 0.536. The molecule has 60 valence electrons. The van der Waals surface area contributed by atoms with Crippen molar-refractivity contribution in [2.75, 3.05) is 19.8 Å². The second kappa shape index (κ2) is 2.93. The van der Waals surface area contributed by atoms with Crippen LogP contribution in [0.2, 0.25) is 0 Å². The molecular formula is C5H9N5O. The minimum atomic E-state index is 0.0995. The number of rotatable bonds is 1. The van der Waals surface area contributed by atoms with E-state index in [0.717, 1.165) is 13.2 Å². The van der Waals surface area contributed by atoms with Gasteiger partial charge in [0.1, 0.15) is 0 Å². The van der Waals surface area contributed by atoms with Crippen LogP contribution in [-0.4, -0.2) is 40.4 Å². The summed E-state index contributed by atoms with van der Waals surface area (Å²) in [5.74, 6) is 0.671. The van der Waals surface area contributed by atoms with Crippen molar-refractivity contribution in [2.45, 2.75) is 6.04 Å². The van der Waals surface area contributed by atoms with E-state index in [1.807, 2.05) is 0 Å². The molecule has 0 aliphatic carbocycles. The second-order valence-electron chi connectivity index (χ2n) is 2.35. The molecule has 1 aromatic rings. The first-order valence-electron chi connectivity index (χ1n) is 3.51. The topological polar surface area (TPSA) is 75.7 Å². The first kappa shape index (κ1) is 6.68. The summed E-state index contributed by atoms with van der Waals surface area (Å²) in [6.45, 7) is 2.23. The molecule has 0 aromatic carbocycles. The van der Waals surface area contributed by atoms with E-state index < -0.39 is 0 Å². The zero-order valence-corrected chi connectivity index (χ0v) is 5.95. The smallest absolute Gasteiger partial charge is 0.193 e. The van der Waals surface area contributed by atoms with Gasteiger partial charge in [0.25, 0.3) is 0 Å². The Morgan fingerprint density at radius 2 is 2.55 bits per heavy atom. The number of H-pyrrole nitrogens is 1. The van der Waals surface area contributed by atoms with E-state index in [2.05, 4.69) is 25.9 Å². The van der Waals surface area contributed by atoms with E-state index in [4.69, 9.17) is 4.74 Å². The molecule has 0 bridgehead atoms. The molecule has 0 amide bonds. The predicted octanol–water partition coefficient (Wildman–Crippen LogP) is -1.14. The van der Waals surface area contributed by atoms with E-state index in [0.29, 0.717) is 12.4 Å². The van der Waals surface area contributed by atoms with Crippen molar-refractivity contribution in [3.63, 3.8) is 0 Å². The van der Waals surface area contributed by atoms with Gasteiger partial charge in [-0.15, -0.1) is 10.2 Å². The van der Waals surface area contributed by atoms with E-state index in [-0.39, 0.29) is 6.04 Å². The number of aromatic nitrogens is 4. The van der Waals surface area contributed by atoms with Crippen molar-refractivity contribution in [3.8, 4) is 0 Å². The van der Waals surface area contributed by atoms with Crippen molar-refractivity contribution in [3.05, 3.63) is 5.82 Å². The SMILES string of the molecule is C1COC[C@@H](c2nn[nH]n2)N1. The van der Waals surface area contributed by atoms with Crippen molar-refractivity contribution in [1.29, 1.82) is 0 Å². The maximum Gasteiger partial charge on any atom is 0.193 e. The molecule has 1 aliphatic heterocycles. The molecule has 0 unspecified atom stereocenters. The number of hydrogen-bond donors (Lipinski definition) is 2. The van der Waals surface area contributed by atoms with Crippen LogP contribution in [-0.2, 0) is 4.74 Å². The summed E-state index contributed by atoms with van der Waals surface area (Å²) in [4.78, 5) is 0. The maximum absolute atomic E-state index is 5.22. The molecule has 1 fully saturated rings. The highest BCUT2D eigenvalue weighted by Gasteiger charge is 2.18. The van der Waals surface area contributed by atoms with Gasteiger partial charge in [-0.1, -0.05) is 5.21 Å². The minimum absolute atomic E-state index is 0.0995. The summed E-state index contributed by atoms with van der Waals surface area (Å²) in [5.41, 5.74) is 0. The van der Waals surface area contributed by atoms with E-state index in [1.165, 1.54) is 0 Å². The lowest BCUT2D eigenvalue weighted by Crippen LogP contribution is -2.35. The molecule has 1 atom stereocenters. The normalized spacial score (nSPS) is 25.3. The van der Waals surface area contributed by atoms with Gasteiger partial charge < -0.3 is 10.1 Å². The van der Waals surface area contributed by atoms with Crippen LogP contribution in [0.25, 0.3) is 0 Å². The molecule has 1 aromatic heterocycles. The largest absolute Gasteiger partial charge is 0.378 e. The summed E-state index contributed by atoms with van der Waals surface area (Å²) in [6.07, 6.45) is 0. The first-order chi connectivity index (χ1) is 5.47. The molecule has 2 N–H and O–H groups in total. The summed E-state index contributed by atoms with van der Waals surface area (Å²) in [6, 6.07) is 0.0995. The molecule has 11 heavy (non-hydrogen) atoms. The molecule has 2 rings (SSSR count). The molecule has 1 saturated heterocycles. The predicted molar refractivity (Wildman–Crippen MR) is 35.7 cm³/mol. The zero-order chi connectivity index (χ0) is 7.52. The Labute approximate surface area is 63.3 Å². The van der Waals surface area contributed by atoms with Crippen LogP contribution >= 0.6 is 0 Å². The molecule has 6 nitrogen and oxygen atoms in total. The highest BCUT2D eigenvalue weighted by atomic mass is 16.5. The molecular weight excluding hydrogens is 146 g/mol. The van der Waals surface area contributed by atoms with Gasteiger partial charge in [0, 0.05) is 6.54 Å². The van der Waals surface area contributed by atoms with Crippen LogP contribution in [0.1, 0.15) is 11.9 Å². The maximum atomic E-state index is 5.22.